The highest BCUT2D eigenvalue weighted by molar-refractivity contribution is 5.76. The summed E-state index contributed by atoms with van der Waals surface area (Å²) in [5.74, 6) is 3.68. The van der Waals surface area contributed by atoms with Gasteiger partial charge in [-0.1, -0.05) is 65.5 Å². The van der Waals surface area contributed by atoms with Crippen LogP contribution in [0.25, 0.3) is 0 Å². The number of hydrogen-bond donors (Lipinski definition) is 1. The molecule has 0 aliphatic heterocycles. The topological polar surface area (TPSA) is 63.6 Å². The number of rotatable bonds is 9. The van der Waals surface area contributed by atoms with Crippen molar-refractivity contribution in [2.24, 2.45) is 46.3 Å². The van der Waals surface area contributed by atoms with Crippen LogP contribution >= 0.6 is 0 Å². The van der Waals surface area contributed by atoms with Gasteiger partial charge in [-0.15, -0.1) is 0 Å². The third kappa shape index (κ3) is 5.37. The Morgan fingerprint density at radius 2 is 1.80 bits per heavy atom. The van der Waals surface area contributed by atoms with E-state index in [1.807, 2.05) is 0 Å². The van der Waals surface area contributed by atoms with Gasteiger partial charge in [-0.05, 0) is 91.3 Å². The monoisotopic (exact) mass is 486 g/mol. The summed E-state index contributed by atoms with van der Waals surface area (Å²) >= 11 is 0. The van der Waals surface area contributed by atoms with Gasteiger partial charge in [0.05, 0.1) is 12.8 Å². The third-order valence-corrected chi connectivity index (χ3v) is 11.1. The quantitative estimate of drug-likeness (QED) is 0.267. The number of fused-ring (bicyclic) bond motifs is 5. The molecule has 0 spiro atoms. The van der Waals surface area contributed by atoms with Gasteiger partial charge in [0.1, 0.15) is 6.10 Å². The van der Waals surface area contributed by atoms with Crippen molar-refractivity contribution in [1.82, 2.24) is 0 Å². The molecule has 0 saturated heterocycles. The molecule has 4 heteroatoms. The Bertz CT molecular complexity index is 815. The van der Waals surface area contributed by atoms with Crippen LogP contribution in [0.1, 0.15) is 118 Å². The summed E-state index contributed by atoms with van der Waals surface area (Å²) in [6.45, 7) is 12.4. The van der Waals surface area contributed by atoms with Crippen molar-refractivity contribution in [1.29, 1.82) is 0 Å². The van der Waals surface area contributed by atoms with Crippen molar-refractivity contribution in [3.05, 3.63) is 11.6 Å². The van der Waals surface area contributed by atoms with Crippen molar-refractivity contribution < 1.29 is 19.4 Å². The van der Waals surface area contributed by atoms with Crippen LogP contribution in [0.2, 0.25) is 0 Å². The molecule has 2 unspecified atom stereocenters. The standard InChI is InChI=1S/C31H50O4/c1-20(2)7-6-8-21(3)25-11-12-26-24-10-9-22-19-23(35-29(34)14-13-28(32)33)15-17-30(22,4)27(24)16-18-31(25,26)5/h9,20-21,23-27H,6-8,10-19H2,1-5H3,(H,32,33)/t21-,23+,24+,25?,26?,27+,30+,31-/m1/s1. The van der Waals surface area contributed by atoms with Crippen LogP contribution in [0, 0.1) is 46.3 Å². The average Bonchev–Trinajstić information content (AvgIpc) is 3.15. The van der Waals surface area contributed by atoms with E-state index in [4.69, 9.17) is 9.84 Å². The number of hydrogen-bond acceptors (Lipinski definition) is 3. The second-order valence-electron chi connectivity index (χ2n) is 13.5. The summed E-state index contributed by atoms with van der Waals surface area (Å²) in [6.07, 6.45) is 16.0. The Labute approximate surface area is 213 Å². The Hall–Kier alpha value is -1.32. The van der Waals surface area contributed by atoms with Crippen LogP contribution in [-0.4, -0.2) is 23.1 Å². The number of carbonyl (C=O) groups excluding carboxylic acids is 1. The molecule has 0 heterocycles. The van der Waals surface area contributed by atoms with Crippen molar-refractivity contribution >= 4 is 11.9 Å². The van der Waals surface area contributed by atoms with E-state index in [9.17, 15) is 9.59 Å². The van der Waals surface area contributed by atoms with E-state index >= 15 is 0 Å². The van der Waals surface area contributed by atoms with Gasteiger partial charge in [-0.25, -0.2) is 0 Å². The minimum Gasteiger partial charge on any atom is -0.481 e. The molecule has 1 N–H and O–H groups in total. The molecular weight excluding hydrogens is 436 g/mol. The Kier molecular flexibility index (Phi) is 8.08. The predicted octanol–water partition coefficient (Wildman–Crippen LogP) is 7.80. The van der Waals surface area contributed by atoms with E-state index in [0.29, 0.717) is 5.41 Å². The highest BCUT2D eigenvalue weighted by Gasteiger charge is 2.59. The van der Waals surface area contributed by atoms with Crippen molar-refractivity contribution in [3.63, 3.8) is 0 Å². The summed E-state index contributed by atoms with van der Waals surface area (Å²) in [7, 11) is 0. The van der Waals surface area contributed by atoms with Gasteiger partial charge in [0.15, 0.2) is 0 Å². The van der Waals surface area contributed by atoms with E-state index in [1.54, 1.807) is 0 Å². The lowest BCUT2D eigenvalue weighted by atomic mass is 9.47. The van der Waals surface area contributed by atoms with Gasteiger partial charge in [0.25, 0.3) is 0 Å². The molecule has 8 atom stereocenters. The highest BCUT2D eigenvalue weighted by Crippen LogP contribution is 2.67. The van der Waals surface area contributed by atoms with Gasteiger partial charge < -0.3 is 9.84 Å². The normalized spacial score (nSPS) is 39.3. The highest BCUT2D eigenvalue weighted by atomic mass is 16.5. The Morgan fingerprint density at radius 3 is 2.51 bits per heavy atom. The molecule has 4 nitrogen and oxygen atoms in total. The number of aliphatic carboxylic acids is 1. The minimum absolute atomic E-state index is 0.0236. The summed E-state index contributed by atoms with van der Waals surface area (Å²) in [4.78, 5) is 22.9. The third-order valence-electron chi connectivity index (χ3n) is 11.1. The molecule has 4 aliphatic carbocycles. The number of carboxylic acids is 1. The molecule has 0 bridgehead atoms. The summed E-state index contributed by atoms with van der Waals surface area (Å²) in [5, 5.41) is 8.84. The fourth-order valence-corrected chi connectivity index (χ4v) is 9.21. The van der Waals surface area contributed by atoms with Gasteiger partial charge in [0.2, 0.25) is 0 Å². The molecule has 0 aromatic carbocycles. The lowest BCUT2D eigenvalue weighted by Gasteiger charge is -2.58. The van der Waals surface area contributed by atoms with Crippen LogP contribution in [0.15, 0.2) is 11.6 Å². The number of carbonyl (C=O) groups is 2. The first-order chi connectivity index (χ1) is 16.5. The molecule has 3 fully saturated rings. The zero-order chi connectivity index (χ0) is 25.4. The van der Waals surface area contributed by atoms with Gasteiger partial charge in [-0.3, -0.25) is 9.59 Å². The molecule has 0 aromatic rings. The van der Waals surface area contributed by atoms with E-state index in [0.717, 1.165) is 54.8 Å². The first kappa shape index (κ1) is 26.7. The van der Waals surface area contributed by atoms with Crippen LogP contribution < -0.4 is 0 Å². The number of allylic oxidation sites excluding steroid dienone is 1. The summed E-state index contributed by atoms with van der Waals surface area (Å²) in [5.41, 5.74) is 2.27. The van der Waals surface area contributed by atoms with Crippen LogP contribution in [0.5, 0.6) is 0 Å². The van der Waals surface area contributed by atoms with E-state index in [1.165, 1.54) is 56.9 Å². The molecule has 3 saturated carbocycles. The molecule has 0 aromatic heterocycles. The molecular formula is C31H50O4. The average molecular weight is 487 g/mol. The lowest BCUT2D eigenvalue weighted by molar-refractivity contribution is -0.154. The molecule has 4 aliphatic rings. The number of esters is 1. The summed E-state index contributed by atoms with van der Waals surface area (Å²) in [6, 6.07) is 0. The minimum atomic E-state index is -0.942. The molecule has 0 radical (unpaired) electrons. The fraction of sp³-hybridized carbons (Fsp3) is 0.871. The first-order valence-corrected chi connectivity index (χ1v) is 14.7. The Balaban J connectivity index is 1.40. The van der Waals surface area contributed by atoms with Crippen molar-refractivity contribution in [2.45, 2.75) is 124 Å². The predicted molar refractivity (Wildman–Crippen MR) is 140 cm³/mol. The Morgan fingerprint density at radius 1 is 1.03 bits per heavy atom. The van der Waals surface area contributed by atoms with Gasteiger partial charge in [0, 0.05) is 6.42 Å². The van der Waals surface area contributed by atoms with E-state index in [-0.39, 0.29) is 30.3 Å². The fourth-order valence-electron chi connectivity index (χ4n) is 9.21. The van der Waals surface area contributed by atoms with Crippen LogP contribution in [0.3, 0.4) is 0 Å². The molecule has 198 valence electrons. The first-order valence-electron chi connectivity index (χ1n) is 14.7. The maximum Gasteiger partial charge on any atom is 0.306 e. The van der Waals surface area contributed by atoms with Crippen LogP contribution in [-0.2, 0) is 14.3 Å². The molecule has 4 rings (SSSR count). The van der Waals surface area contributed by atoms with Crippen LogP contribution in [0.4, 0.5) is 0 Å². The van der Waals surface area contributed by atoms with Crippen molar-refractivity contribution in [2.75, 3.05) is 0 Å². The largest absolute Gasteiger partial charge is 0.481 e. The maximum atomic E-state index is 12.1. The molecule has 35 heavy (non-hydrogen) atoms. The summed E-state index contributed by atoms with van der Waals surface area (Å²) < 4.78 is 5.70. The number of carboxylic acid groups (broad SMARTS) is 1. The zero-order valence-corrected chi connectivity index (χ0v) is 23.0. The smallest absolute Gasteiger partial charge is 0.306 e. The van der Waals surface area contributed by atoms with E-state index in [2.05, 4.69) is 40.7 Å². The maximum absolute atomic E-state index is 12.1. The molecule has 0 amide bonds. The van der Waals surface area contributed by atoms with Gasteiger partial charge >= 0.3 is 11.9 Å². The number of ether oxygens (including phenoxy) is 1. The van der Waals surface area contributed by atoms with Crippen molar-refractivity contribution in [3.8, 4) is 0 Å². The van der Waals surface area contributed by atoms with E-state index < -0.39 is 5.97 Å². The van der Waals surface area contributed by atoms with Gasteiger partial charge in [-0.2, -0.15) is 0 Å². The zero-order valence-electron chi connectivity index (χ0n) is 23.0. The lowest BCUT2D eigenvalue weighted by Crippen LogP contribution is -2.51. The SMILES string of the molecule is CC(C)CCC[C@@H](C)C1CCC2[C@@H]3CC=C4C[C@@H](OC(=O)CCC(=O)O)CC[C@]4(C)[C@H]3CC[C@]12C. The second-order valence-corrected chi connectivity index (χ2v) is 13.5. The second kappa shape index (κ2) is 10.6.